The number of carbonyl (C=O) groups excluding carboxylic acids is 2. The van der Waals surface area contributed by atoms with Gasteiger partial charge in [0.1, 0.15) is 24.2 Å². The highest BCUT2D eigenvalue weighted by molar-refractivity contribution is 7.99. The Hall–Kier alpha value is -4.28. The van der Waals surface area contributed by atoms with Gasteiger partial charge in [0.2, 0.25) is 0 Å². The molecule has 48 heavy (non-hydrogen) atoms. The molecular formula is C38H44N4O5S. The van der Waals surface area contributed by atoms with Gasteiger partial charge >= 0.3 is 6.09 Å². The number of hydrogen-bond donors (Lipinski definition) is 1. The molecule has 2 atom stereocenters. The first-order valence-corrected chi connectivity index (χ1v) is 17.5. The lowest BCUT2D eigenvalue weighted by Crippen LogP contribution is -2.42. The maximum Gasteiger partial charge on any atom is 0.410 e. The number of benzene rings is 2. The summed E-state index contributed by atoms with van der Waals surface area (Å²) in [5.41, 5.74) is 3.11. The van der Waals surface area contributed by atoms with Crippen LogP contribution >= 0.6 is 11.8 Å². The van der Waals surface area contributed by atoms with E-state index in [2.05, 4.69) is 45.3 Å². The summed E-state index contributed by atoms with van der Waals surface area (Å²) in [5, 5.41) is 3.86. The maximum absolute atomic E-state index is 12.6. The van der Waals surface area contributed by atoms with Gasteiger partial charge in [-0.1, -0.05) is 36.0 Å². The highest BCUT2D eigenvalue weighted by atomic mass is 32.2. The Kier molecular flexibility index (Phi) is 10.4. The molecule has 0 spiro atoms. The SMILES string of the molecule is CNC(=O)c1ccccc1Sc1ccc2c(/C=C/c3ccc(OCC4CCCN4C(=O)OC(C)(C)C)cn3)cn(C3CCCCO3)c2c1. The van der Waals surface area contributed by atoms with Gasteiger partial charge < -0.3 is 29.0 Å². The standard InChI is InChI=1S/C38H44N4O5S/c1-38(2,3)47-37(44)41-20-9-10-28(41)25-46-29-17-16-27(40-23-29)15-14-26-24-42(35-13-7-8-21-45-35)33-22-30(18-19-31(26)33)48-34-12-6-5-11-32(34)36(43)39-4/h5-6,11-12,14-19,22-24,28,35H,7-10,13,20-21,25H2,1-4H3,(H,39,43)/b15-14+. The third kappa shape index (κ3) is 8.05. The topological polar surface area (TPSA) is 94.9 Å². The summed E-state index contributed by atoms with van der Waals surface area (Å²) in [7, 11) is 1.65. The van der Waals surface area contributed by atoms with Gasteiger partial charge in [-0.25, -0.2) is 4.79 Å². The highest BCUT2D eigenvalue weighted by Gasteiger charge is 2.32. The smallest absolute Gasteiger partial charge is 0.410 e. The highest BCUT2D eigenvalue weighted by Crippen LogP contribution is 2.36. The van der Waals surface area contributed by atoms with Crippen molar-refractivity contribution in [1.29, 1.82) is 0 Å². The Balaban J connectivity index is 1.17. The molecule has 4 aromatic rings. The van der Waals surface area contributed by atoms with Crippen LogP contribution in [0.3, 0.4) is 0 Å². The molecule has 10 heteroatoms. The molecule has 9 nitrogen and oxygen atoms in total. The molecule has 2 aromatic carbocycles. The number of likely N-dealkylation sites (tertiary alicyclic amines) is 1. The second kappa shape index (κ2) is 14.9. The van der Waals surface area contributed by atoms with Crippen molar-refractivity contribution in [3.8, 4) is 5.75 Å². The molecule has 0 bridgehead atoms. The fraction of sp³-hybridized carbons (Fsp3) is 0.395. The first-order valence-electron chi connectivity index (χ1n) is 16.7. The summed E-state index contributed by atoms with van der Waals surface area (Å²) in [6.07, 6.45) is 12.7. The molecule has 0 radical (unpaired) electrons. The number of pyridine rings is 1. The van der Waals surface area contributed by atoms with E-state index in [1.807, 2.05) is 63.2 Å². The molecule has 0 saturated carbocycles. The van der Waals surface area contributed by atoms with Crippen molar-refractivity contribution in [2.45, 2.75) is 80.5 Å². The van der Waals surface area contributed by atoms with Crippen LogP contribution in [0.2, 0.25) is 0 Å². The van der Waals surface area contributed by atoms with Crippen molar-refractivity contribution >= 4 is 46.8 Å². The zero-order valence-electron chi connectivity index (χ0n) is 28.1. The second-order valence-electron chi connectivity index (χ2n) is 13.2. The second-order valence-corrected chi connectivity index (χ2v) is 14.3. The van der Waals surface area contributed by atoms with Crippen molar-refractivity contribution in [3.63, 3.8) is 0 Å². The van der Waals surface area contributed by atoms with Crippen LogP contribution in [0.4, 0.5) is 4.79 Å². The quantitative estimate of drug-likeness (QED) is 0.192. The molecular weight excluding hydrogens is 625 g/mol. The minimum Gasteiger partial charge on any atom is -0.490 e. The normalized spacial score (nSPS) is 18.4. The predicted molar refractivity (Wildman–Crippen MR) is 189 cm³/mol. The number of fused-ring (bicyclic) bond motifs is 1. The van der Waals surface area contributed by atoms with Crippen LogP contribution in [-0.4, -0.2) is 64.9 Å². The number of amides is 2. The molecule has 0 aliphatic carbocycles. The summed E-state index contributed by atoms with van der Waals surface area (Å²) >= 11 is 1.58. The Bertz CT molecular complexity index is 1770. The number of nitrogens with zero attached hydrogens (tertiary/aromatic N) is 3. The molecule has 2 amide bonds. The van der Waals surface area contributed by atoms with Gasteiger partial charge in [0.05, 0.1) is 29.0 Å². The average Bonchev–Trinajstić information content (AvgIpc) is 3.71. The lowest BCUT2D eigenvalue weighted by atomic mass is 10.1. The first kappa shape index (κ1) is 33.6. The van der Waals surface area contributed by atoms with Crippen molar-refractivity contribution < 1.29 is 23.8 Å². The maximum atomic E-state index is 12.6. The van der Waals surface area contributed by atoms with E-state index < -0.39 is 5.60 Å². The Morgan fingerprint density at radius 3 is 2.67 bits per heavy atom. The van der Waals surface area contributed by atoms with Crippen molar-refractivity contribution in [1.82, 2.24) is 19.8 Å². The zero-order chi connectivity index (χ0) is 33.7. The molecule has 2 unspecified atom stereocenters. The van der Waals surface area contributed by atoms with Gasteiger partial charge in [-0.05, 0) is 95.3 Å². The van der Waals surface area contributed by atoms with Crippen LogP contribution in [0.1, 0.15) is 80.7 Å². The van der Waals surface area contributed by atoms with Gasteiger partial charge in [-0.15, -0.1) is 0 Å². The van der Waals surface area contributed by atoms with Crippen LogP contribution < -0.4 is 10.1 Å². The summed E-state index contributed by atoms with van der Waals surface area (Å²) in [6.45, 7) is 7.47. The van der Waals surface area contributed by atoms with Gasteiger partial charge in [-0.2, -0.15) is 0 Å². The lowest BCUT2D eigenvalue weighted by molar-refractivity contribution is -0.0292. The lowest BCUT2D eigenvalue weighted by Gasteiger charge is -2.28. The number of hydrogen-bond acceptors (Lipinski definition) is 7. The van der Waals surface area contributed by atoms with E-state index in [-0.39, 0.29) is 24.3 Å². The first-order chi connectivity index (χ1) is 23.2. The molecule has 252 valence electrons. The number of rotatable bonds is 9. The summed E-state index contributed by atoms with van der Waals surface area (Å²) in [4.78, 5) is 33.5. The molecule has 2 aliphatic heterocycles. The van der Waals surface area contributed by atoms with E-state index >= 15 is 0 Å². The van der Waals surface area contributed by atoms with Crippen molar-refractivity contribution in [2.24, 2.45) is 0 Å². The van der Waals surface area contributed by atoms with Crippen LogP contribution in [0.5, 0.6) is 5.75 Å². The molecule has 2 aromatic heterocycles. The fourth-order valence-corrected chi connectivity index (χ4v) is 7.13. The van der Waals surface area contributed by atoms with Crippen LogP contribution in [0.15, 0.2) is 76.8 Å². The number of nitrogens with one attached hydrogen (secondary N) is 1. The molecule has 1 N–H and O–H groups in total. The Morgan fingerprint density at radius 1 is 1.06 bits per heavy atom. The fourth-order valence-electron chi connectivity index (χ4n) is 6.15. The third-order valence-corrected chi connectivity index (χ3v) is 9.59. The Morgan fingerprint density at radius 2 is 1.92 bits per heavy atom. The summed E-state index contributed by atoms with van der Waals surface area (Å²) in [6, 6.07) is 17.9. The van der Waals surface area contributed by atoms with E-state index in [4.69, 9.17) is 14.2 Å². The minimum atomic E-state index is -0.527. The van der Waals surface area contributed by atoms with Gasteiger partial charge in [-0.3, -0.25) is 9.78 Å². The van der Waals surface area contributed by atoms with Crippen molar-refractivity contribution in [3.05, 3.63) is 83.8 Å². The van der Waals surface area contributed by atoms with Gasteiger partial charge in [0.25, 0.3) is 5.91 Å². The zero-order valence-corrected chi connectivity index (χ0v) is 28.9. The number of carbonyl (C=O) groups is 2. The molecule has 4 heterocycles. The van der Waals surface area contributed by atoms with Crippen LogP contribution in [-0.2, 0) is 9.47 Å². The van der Waals surface area contributed by atoms with E-state index in [0.29, 0.717) is 24.5 Å². The average molecular weight is 669 g/mol. The molecule has 6 rings (SSSR count). The van der Waals surface area contributed by atoms with E-state index in [1.54, 1.807) is 29.9 Å². The largest absolute Gasteiger partial charge is 0.490 e. The van der Waals surface area contributed by atoms with Crippen molar-refractivity contribution in [2.75, 3.05) is 26.8 Å². The number of ether oxygens (including phenoxy) is 3. The Labute approximate surface area is 286 Å². The molecule has 2 aliphatic rings. The van der Waals surface area contributed by atoms with E-state index in [0.717, 1.165) is 70.7 Å². The van der Waals surface area contributed by atoms with Gasteiger partial charge in [0.15, 0.2) is 0 Å². The van der Waals surface area contributed by atoms with Gasteiger partial charge in [0, 0.05) is 47.1 Å². The van der Waals surface area contributed by atoms with Crippen LogP contribution in [0.25, 0.3) is 23.1 Å². The third-order valence-electron chi connectivity index (χ3n) is 8.53. The predicted octanol–water partition coefficient (Wildman–Crippen LogP) is 8.19. The van der Waals surface area contributed by atoms with E-state index in [1.165, 1.54) is 0 Å². The molecule has 2 saturated heterocycles. The monoisotopic (exact) mass is 668 g/mol. The summed E-state index contributed by atoms with van der Waals surface area (Å²) < 4.78 is 20.1. The number of aromatic nitrogens is 2. The van der Waals surface area contributed by atoms with Crippen LogP contribution in [0, 0.1) is 0 Å². The van der Waals surface area contributed by atoms with E-state index in [9.17, 15) is 9.59 Å². The molecule has 2 fully saturated rings. The minimum absolute atomic E-state index is 0.0191. The summed E-state index contributed by atoms with van der Waals surface area (Å²) in [5.74, 6) is 0.565.